The highest BCUT2D eigenvalue weighted by Gasteiger charge is 1.95. The van der Waals surface area contributed by atoms with Gasteiger partial charge in [0.15, 0.2) is 0 Å². The number of anilines is 1. The highest BCUT2D eigenvalue weighted by Crippen LogP contribution is 2.11. The zero-order valence-corrected chi connectivity index (χ0v) is 6.73. The van der Waals surface area contributed by atoms with Gasteiger partial charge >= 0.3 is 0 Å². The molecule has 0 bridgehead atoms. The van der Waals surface area contributed by atoms with Crippen LogP contribution in [-0.2, 0) is 5.75 Å². The molecule has 0 atom stereocenters. The predicted octanol–water partition coefficient (Wildman–Crippen LogP) is 1.55. The third kappa shape index (κ3) is 1.42. The number of nitrogens with one attached hydrogen (secondary N) is 1. The Labute approximate surface area is 66.1 Å². The van der Waals surface area contributed by atoms with Crippen LogP contribution in [0.25, 0.3) is 0 Å². The molecule has 0 aliphatic heterocycles. The second kappa shape index (κ2) is 3.46. The molecule has 0 amide bonds. The quantitative estimate of drug-likeness (QED) is 0.632. The maximum atomic E-state index is 4.15. The first-order chi connectivity index (χ1) is 4.88. The molecule has 3 heteroatoms. The first kappa shape index (κ1) is 7.41. The Bertz CT molecular complexity index is 190. The molecule has 1 aromatic heterocycles. The van der Waals surface area contributed by atoms with Crippen LogP contribution in [0.2, 0.25) is 0 Å². The van der Waals surface area contributed by atoms with Gasteiger partial charge in [-0.05, 0) is 6.07 Å². The lowest BCUT2D eigenvalue weighted by atomic mass is 10.3. The van der Waals surface area contributed by atoms with E-state index in [0.717, 1.165) is 17.1 Å². The summed E-state index contributed by atoms with van der Waals surface area (Å²) in [6.45, 7) is 0. The van der Waals surface area contributed by atoms with Gasteiger partial charge < -0.3 is 5.32 Å². The summed E-state index contributed by atoms with van der Waals surface area (Å²) >= 11 is 4.15. The lowest BCUT2D eigenvalue weighted by molar-refractivity contribution is 1.23. The van der Waals surface area contributed by atoms with E-state index >= 15 is 0 Å². The van der Waals surface area contributed by atoms with Crippen molar-refractivity contribution in [3.05, 3.63) is 23.9 Å². The van der Waals surface area contributed by atoms with Crippen LogP contribution in [0.3, 0.4) is 0 Å². The molecule has 54 valence electrons. The minimum Gasteiger partial charge on any atom is -0.373 e. The van der Waals surface area contributed by atoms with Crippen molar-refractivity contribution < 1.29 is 0 Å². The second-order valence-electron chi connectivity index (χ2n) is 1.92. The van der Waals surface area contributed by atoms with Crippen molar-refractivity contribution in [2.24, 2.45) is 0 Å². The van der Waals surface area contributed by atoms with Gasteiger partial charge in [-0.15, -0.1) is 0 Å². The van der Waals surface area contributed by atoms with Crippen LogP contribution in [0.15, 0.2) is 18.3 Å². The highest BCUT2D eigenvalue weighted by molar-refractivity contribution is 7.79. The maximum Gasteiger partial charge on any atom is 0.129 e. The topological polar surface area (TPSA) is 24.9 Å². The van der Waals surface area contributed by atoms with Gasteiger partial charge in [-0.2, -0.15) is 12.6 Å². The van der Waals surface area contributed by atoms with Crippen LogP contribution in [0, 0.1) is 0 Å². The van der Waals surface area contributed by atoms with Crippen LogP contribution < -0.4 is 5.32 Å². The molecule has 0 radical (unpaired) electrons. The number of aromatic nitrogens is 1. The average molecular weight is 154 g/mol. The number of hydrogen-bond acceptors (Lipinski definition) is 3. The maximum absolute atomic E-state index is 4.15. The lowest BCUT2D eigenvalue weighted by Gasteiger charge is -2.02. The summed E-state index contributed by atoms with van der Waals surface area (Å²) in [7, 11) is 1.86. The molecule has 1 heterocycles. The summed E-state index contributed by atoms with van der Waals surface area (Å²) in [5.74, 6) is 1.64. The third-order valence-corrected chi connectivity index (χ3v) is 1.64. The molecule has 1 rings (SSSR count). The van der Waals surface area contributed by atoms with Crippen LogP contribution >= 0.6 is 12.6 Å². The molecule has 0 unspecified atom stereocenters. The Hall–Kier alpha value is -0.700. The number of rotatable bonds is 2. The number of nitrogens with zero attached hydrogens (tertiary/aromatic N) is 1. The van der Waals surface area contributed by atoms with E-state index < -0.39 is 0 Å². The van der Waals surface area contributed by atoms with E-state index in [1.54, 1.807) is 6.20 Å². The Morgan fingerprint density at radius 1 is 1.70 bits per heavy atom. The van der Waals surface area contributed by atoms with Crippen molar-refractivity contribution in [3.8, 4) is 0 Å². The number of thiol groups is 1. The van der Waals surface area contributed by atoms with Crippen LogP contribution in [-0.4, -0.2) is 12.0 Å². The van der Waals surface area contributed by atoms with Crippen molar-refractivity contribution in [1.82, 2.24) is 4.98 Å². The fourth-order valence-electron chi connectivity index (χ4n) is 0.791. The van der Waals surface area contributed by atoms with E-state index in [1.807, 2.05) is 19.2 Å². The second-order valence-corrected chi connectivity index (χ2v) is 2.24. The molecule has 0 aromatic carbocycles. The SMILES string of the molecule is CNc1ncccc1CS. The molecule has 0 saturated carbocycles. The summed E-state index contributed by atoms with van der Waals surface area (Å²) in [6.07, 6.45) is 1.76. The fraction of sp³-hybridized carbons (Fsp3) is 0.286. The first-order valence-corrected chi connectivity index (χ1v) is 3.74. The van der Waals surface area contributed by atoms with Crippen LogP contribution in [0.1, 0.15) is 5.56 Å². The largest absolute Gasteiger partial charge is 0.373 e. The van der Waals surface area contributed by atoms with Crippen molar-refractivity contribution >= 4 is 18.4 Å². The molecule has 10 heavy (non-hydrogen) atoms. The van der Waals surface area contributed by atoms with Gasteiger partial charge in [0.2, 0.25) is 0 Å². The van der Waals surface area contributed by atoms with E-state index in [9.17, 15) is 0 Å². The Balaban J connectivity index is 2.96. The van der Waals surface area contributed by atoms with Crippen LogP contribution in [0.5, 0.6) is 0 Å². The van der Waals surface area contributed by atoms with Crippen molar-refractivity contribution in [1.29, 1.82) is 0 Å². The van der Waals surface area contributed by atoms with Crippen molar-refractivity contribution in [2.45, 2.75) is 5.75 Å². The van der Waals surface area contributed by atoms with Gasteiger partial charge in [-0.25, -0.2) is 4.98 Å². The molecule has 1 N–H and O–H groups in total. The van der Waals surface area contributed by atoms with Gasteiger partial charge in [0.05, 0.1) is 0 Å². The smallest absolute Gasteiger partial charge is 0.129 e. The zero-order valence-electron chi connectivity index (χ0n) is 5.83. The van der Waals surface area contributed by atoms with E-state index in [2.05, 4.69) is 22.9 Å². The van der Waals surface area contributed by atoms with Crippen molar-refractivity contribution in [3.63, 3.8) is 0 Å². The van der Waals surface area contributed by atoms with Gasteiger partial charge in [-0.1, -0.05) is 6.07 Å². The average Bonchev–Trinajstić information content (AvgIpc) is 2.04. The molecular weight excluding hydrogens is 144 g/mol. The van der Waals surface area contributed by atoms with Crippen LogP contribution in [0.4, 0.5) is 5.82 Å². The van der Waals surface area contributed by atoms with Gasteiger partial charge in [0.25, 0.3) is 0 Å². The normalized spacial score (nSPS) is 9.40. The predicted molar refractivity (Wildman–Crippen MR) is 46.5 cm³/mol. The van der Waals surface area contributed by atoms with Crippen molar-refractivity contribution in [2.75, 3.05) is 12.4 Å². The van der Waals surface area contributed by atoms with Gasteiger partial charge in [0, 0.05) is 24.6 Å². The minimum absolute atomic E-state index is 0.726. The van der Waals surface area contributed by atoms with E-state index in [-0.39, 0.29) is 0 Å². The fourth-order valence-corrected chi connectivity index (χ4v) is 1.05. The monoisotopic (exact) mass is 154 g/mol. The Kier molecular flexibility index (Phi) is 2.57. The summed E-state index contributed by atoms with van der Waals surface area (Å²) in [5, 5.41) is 2.99. The highest BCUT2D eigenvalue weighted by atomic mass is 32.1. The summed E-state index contributed by atoms with van der Waals surface area (Å²) < 4.78 is 0. The molecule has 2 nitrogen and oxygen atoms in total. The van der Waals surface area contributed by atoms with E-state index in [0.29, 0.717) is 0 Å². The Morgan fingerprint density at radius 2 is 2.50 bits per heavy atom. The molecular formula is C7H10N2S. The van der Waals surface area contributed by atoms with Gasteiger partial charge in [0.1, 0.15) is 5.82 Å². The number of pyridine rings is 1. The molecule has 1 aromatic rings. The lowest BCUT2D eigenvalue weighted by Crippen LogP contribution is -1.95. The summed E-state index contributed by atoms with van der Waals surface area (Å²) in [5.41, 5.74) is 1.13. The standard InChI is InChI=1S/C7H10N2S/c1-8-7-6(5-10)3-2-4-9-7/h2-4,10H,5H2,1H3,(H,8,9). The zero-order chi connectivity index (χ0) is 7.40. The Morgan fingerprint density at radius 3 is 3.00 bits per heavy atom. The first-order valence-electron chi connectivity index (χ1n) is 3.11. The minimum atomic E-state index is 0.726. The molecule has 0 saturated heterocycles. The van der Waals surface area contributed by atoms with E-state index in [1.165, 1.54) is 0 Å². The molecule has 0 spiro atoms. The molecule has 0 aliphatic carbocycles. The summed E-state index contributed by atoms with van der Waals surface area (Å²) in [6, 6.07) is 3.91. The van der Waals surface area contributed by atoms with Gasteiger partial charge in [-0.3, -0.25) is 0 Å². The summed E-state index contributed by atoms with van der Waals surface area (Å²) in [4.78, 5) is 4.11. The molecule has 0 aliphatic rings. The van der Waals surface area contributed by atoms with E-state index in [4.69, 9.17) is 0 Å². The molecule has 0 fully saturated rings. The third-order valence-electron chi connectivity index (χ3n) is 1.30. The number of hydrogen-bond donors (Lipinski definition) is 2.